The highest BCUT2D eigenvalue weighted by Gasteiger charge is 2.23. The molecule has 6 heterocycles. The molecule has 0 saturated carbocycles. The van der Waals surface area contributed by atoms with Gasteiger partial charge in [0.2, 0.25) is 5.91 Å². The fourth-order valence-corrected chi connectivity index (χ4v) is 7.04. The van der Waals surface area contributed by atoms with E-state index in [-0.39, 0.29) is 18.7 Å². The molecule has 0 saturated heterocycles. The Bertz CT molecular complexity index is 2300. The molecule has 1 amide bonds. The number of nitrogens with one attached hydrogen (secondary N) is 2. The molecule has 0 radical (unpaired) electrons. The quantitative estimate of drug-likeness (QED) is 0.103. The number of aryl methyl sites for hydroxylation is 5. The molecule has 53 heavy (non-hydrogen) atoms. The lowest BCUT2D eigenvalue weighted by atomic mass is 9.98. The average molecular weight is 717 g/mol. The van der Waals surface area contributed by atoms with E-state index in [0.29, 0.717) is 37.1 Å². The first-order chi connectivity index (χ1) is 25.3. The molecular formula is C42H48N6O5. The highest BCUT2D eigenvalue weighted by molar-refractivity contribution is 5.96. The van der Waals surface area contributed by atoms with Crippen LogP contribution in [-0.4, -0.2) is 53.0 Å². The SMILES string of the molecule is CCc1c(C)c2cc3[nH]c(cc4nc(cc5nc(cc1[nH]2)C(C)=C5CCC(=O)O)C(CCC(=O)O)=C4C)c(C)c3CC.NC(=O)CCc1ccncc1. The lowest BCUT2D eigenvalue weighted by molar-refractivity contribution is -0.137. The number of amides is 1. The Labute approximate surface area is 309 Å². The number of carboxylic acids is 2. The number of allylic oxidation sites excluding steroid dienone is 4. The summed E-state index contributed by atoms with van der Waals surface area (Å²) < 4.78 is 0. The third kappa shape index (κ3) is 8.80. The largest absolute Gasteiger partial charge is 0.481 e. The van der Waals surface area contributed by atoms with E-state index in [0.717, 1.165) is 79.7 Å². The molecule has 0 aliphatic carbocycles. The van der Waals surface area contributed by atoms with E-state index in [1.54, 1.807) is 12.4 Å². The maximum absolute atomic E-state index is 11.5. The van der Waals surface area contributed by atoms with E-state index < -0.39 is 11.9 Å². The van der Waals surface area contributed by atoms with Crippen molar-refractivity contribution in [2.24, 2.45) is 5.73 Å². The molecule has 11 heteroatoms. The minimum Gasteiger partial charge on any atom is -0.481 e. The number of H-pyrrole nitrogens is 2. The van der Waals surface area contributed by atoms with Crippen LogP contribution in [0.15, 0.2) is 48.8 Å². The number of aromatic nitrogens is 5. The van der Waals surface area contributed by atoms with Crippen molar-refractivity contribution < 1.29 is 24.6 Å². The van der Waals surface area contributed by atoms with Gasteiger partial charge in [0.1, 0.15) is 0 Å². The van der Waals surface area contributed by atoms with Crippen LogP contribution < -0.4 is 5.73 Å². The van der Waals surface area contributed by atoms with Crippen LogP contribution in [-0.2, 0) is 33.6 Å². The number of fused-ring (bicyclic) bond motifs is 8. The van der Waals surface area contributed by atoms with Crippen molar-refractivity contribution in [1.82, 2.24) is 24.9 Å². The molecular weight excluding hydrogens is 668 g/mol. The van der Waals surface area contributed by atoms with Crippen molar-refractivity contribution in [2.75, 3.05) is 0 Å². The Kier molecular flexibility index (Phi) is 12.1. The van der Waals surface area contributed by atoms with Crippen LogP contribution in [0.1, 0.15) is 110 Å². The number of carbonyl (C=O) groups excluding carboxylic acids is 1. The number of hydrogen-bond acceptors (Lipinski definition) is 6. The summed E-state index contributed by atoms with van der Waals surface area (Å²) in [6.45, 7) is 12.5. The summed E-state index contributed by atoms with van der Waals surface area (Å²) in [6.07, 6.45) is 6.89. The monoisotopic (exact) mass is 716 g/mol. The fraction of sp³-hybridized carbons (Fsp3) is 0.333. The summed E-state index contributed by atoms with van der Waals surface area (Å²) in [7, 11) is 0. The molecule has 4 aromatic heterocycles. The number of rotatable bonds is 11. The number of carboxylic acid groups (broad SMARTS) is 2. The second-order valence-electron chi connectivity index (χ2n) is 13.5. The summed E-state index contributed by atoms with van der Waals surface area (Å²) >= 11 is 0. The normalized spacial score (nSPS) is 12.5. The van der Waals surface area contributed by atoms with Gasteiger partial charge in [-0.25, -0.2) is 9.97 Å². The van der Waals surface area contributed by atoms with Crippen molar-refractivity contribution >= 4 is 62.2 Å². The number of nitrogens with two attached hydrogens (primary N) is 1. The van der Waals surface area contributed by atoms with Gasteiger partial charge in [0.15, 0.2) is 0 Å². The smallest absolute Gasteiger partial charge is 0.303 e. The van der Waals surface area contributed by atoms with Gasteiger partial charge in [-0.1, -0.05) is 13.8 Å². The lowest BCUT2D eigenvalue weighted by Crippen LogP contribution is -2.11. The zero-order valence-electron chi connectivity index (χ0n) is 31.3. The molecule has 6 rings (SSSR count). The molecule has 8 bridgehead atoms. The molecule has 0 aromatic carbocycles. The van der Waals surface area contributed by atoms with Gasteiger partial charge in [-0.15, -0.1) is 0 Å². The maximum atomic E-state index is 11.5. The highest BCUT2D eigenvalue weighted by atomic mass is 16.4. The van der Waals surface area contributed by atoms with Gasteiger partial charge in [-0.2, -0.15) is 0 Å². The number of nitrogens with zero attached hydrogens (tertiary/aromatic N) is 3. The Morgan fingerprint density at radius 1 is 0.623 bits per heavy atom. The van der Waals surface area contributed by atoms with Gasteiger partial charge in [0.25, 0.3) is 0 Å². The van der Waals surface area contributed by atoms with Gasteiger partial charge < -0.3 is 25.9 Å². The second kappa shape index (κ2) is 16.7. The predicted molar refractivity (Wildman–Crippen MR) is 210 cm³/mol. The Morgan fingerprint density at radius 3 is 1.53 bits per heavy atom. The summed E-state index contributed by atoms with van der Waals surface area (Å²) in [5.74, 6) is -2.00. The van der Waals surface area contributed by atoms with Crippen LogP contribution in [0.25, 0.3) is 44.4 Å². The van der Waals surface area contributed by atoms with Crippen LogP contribution in [0.2, 0.25) is 0 Å². The number of hydrogen-bond donors (Lipinski definition) is 5. The van der Waals surface area contributed by atoms with Crippen molar-refractivity contribution in [3.8, 4) is 0 Å². The van der Waals surface area contributed by atoms with Crippen molar-refractivity contribution in [3.05, 3.63) is 99.4 Å². The summed E-state index contributed by atoms with van der Waals surface area (Å²) in [5, 5.41) is 18.9. The number of pyridine rings is 1. The van der Waals surface area contributed by atoms with E-state index in [9.17, 15) is 24.6 Å². The van der Waals surface area contributed by atoms with Crippen molar-refractivity contribution in [3.63, 3.8) is 0 Å². The molecule has 2 aliphatic heterocycles. The molecule has 4 aromatic rings. The maximum Gasteiger partial charge on any atom is 0.303 e. The molecule has 276 valence electrons. The van der Waals surface area contributed by atoms with Gasteiger partial charge in [0.05, 0.1) is 22.8 Å². The summed E-state index contributed by atoms with van der Waals surface area (Å²) in [4.78, 5) is 54.6. The number of carbonyl (C=O) groups is 3. The number of aromatic amines is 2. The molecule has 0 atom stereocenters. The predicted octanol–water partition coefficient (Wildman–Crippen LogP) is 8.15. The zero-order chi connectivity index (χ0) is 38.4. The number of primary amides is 1. The van der Waals surface area contributed by atoms with Gasteiger partial charge in [-0.05, 0) is 146 Å². The van der Waals surface area contributed by atoms with E-state index in [1.165, 1.54) is 16.7 Å². The molecule has 0 fully saturated rings. The van der Waals surface area contributed by atoms with E-state index in [1.807, 2.05) is 38.1 Å². The summed E-state index contributed by atoms with van der Waals surface area (Å²) in [6, 6.07) is 11.9. The average Bonchev–Trinajstić information content (AvgIpc) is 3.78. The van der Waals surface area contributed by atoms with E-state index in [2.05, 4.69) is 54.8 Å². The van der Waals surface area contributed by atoms with Crippen LogP contribution in [0.3, 0.4) is 0 Å². The first kappa shape index (κ1) is 38.4. The van der Waals surface area contributed by atoms with Crippen molar-refractivity contribution in [1.29, 1.82) is 0 Å². The minimum atomic E-state index is -0.869. The molecule has 6 N–H and O–H groups in total. The zero-order valence-corrected chi connectivity index (χ0v) is 31.3. The summed E-state index contributed by atoms with van der Waals surface area (Å²) in [5.41, 5.74) is 21.5. The molecule has 11 nitrogen and oxygen atoms in total. The second-order valence-corrected chi connectivity index (χ2v) is 13.5. The highest BCUT2D eigenvalue weighted by Crippen LogP contribution is 2.38. The molecule has 2 aliphatic rings. The van der Waals surface area contributed by atoms with Crippen LogP contribution in [0.4, 0.5) is 0 Å². The Hall–Kier alpha value is -5.84. The third-order valence-electron chi connectivity index (χ3n) is 10.1. The third-order valence-corrected chi connectivity index (χ3v) is 10.1. The fourth-order valence-electron chi connectivity index (χ4n) is 7.04. The van der Waals surface area contributed by atoms with Crippen LogP contribution in [0.5, 0.6) is 0 Å². The minimum absolute atomic E-state index is 0.0138. The van der Waals surface area contributed by atoms with E-state index in [4.69, 9.17) is 15.7 Å². The molecule has 0 unspecified atom stereocenters. The molecule has 0 spiro atoms. The lowest BCUT2D eigenvalue weighted by Gasteiger charge is -2.05. The Balaban J connectivity index is 0.000000422. The van der Waals surface area contributed by atoms with Gasteiger partial charge in [-0.3, -0.25) is 19.4 Å². The first-order valence-electron chi connectivity index (χ1n) is 18.1. The van der Waals surface area contributed by atoms with Crippen LogP contribution >= 0.6 is 0 Å². The topological polar surface area (TPSA) is 188 Å². The first-order valence-corrected chi connectivity index (χ1v) is 18.1. The van der Waals surface area contributed by atoms with Crippen LogP contribution in [0, 0.1) is 13.8 Å². The Morgan fingerprint density at radius 2 is 1.08 bits per heavy atom. The van der Waals surface area contributed by atoms with Gasteiger partial charge in [0, 0.05) is 53.7 Å². The number of aliphatic carboxylic acids is 2. The standard InChI is InChI=1S/C34H38N4O4.C8H10N2O/c1-7-21-17(3)25-13-26-19(5)23(9-11-33(39)40)31(37-26)16-32-24(10-12-34(41)42)20(6)28(38-32)15-30-22(8-2)18(4)27(36-30)14-29(21)35-25;9-8(11)2-1-7-3-5-10-6-4-7/h13-16,35-36H,7-12H2,1-6H3,(H,39,40)(H,41,42);3-6H,1-2H2,(H2,9,11). The van der Waals surface area contributed by atoms with Gasteiger partial charge >= 0.3 is 11.9 Å². The van der Waals surface area contributed by atoms with Crippen molar-refractivity contribution in [2.45, 2.75) is 92.9 Å². The van der Waals surface area contributed by atoms with E-state index >= 15 is 0 Å².